The van der Waals surface area contributed by atoms with E-state index >= 15 is 0 Å². The van der Waals surface area contributed by atoms with Crippen LogP contribution in [0.4, 0.5) is 0 Å². The Morgan fingerprint density at radius 3 is 2.58 bits per heavy atom. The molecular formula is C15H22N2O2. The van der Waals surface area contributed by atoms with Gasteiger partial charge in [0.1, 0.15) is 5.75 Å². The van der Waals surface area contributed by atoms with E-state index < -0.39 is 0 Å². The molecular weight excluding hydrogens is 240 g/mol. The fourth-order valence-electron chi connectivity index (χ4n) is 2.14. The van der Waals surface area contributed by atoms with E-state index in [2.05, 4.69) is 0 Å². The molecule has 0 atom stereocenters. The number of ether oxygens (including phenoxy) is 1. The highest BCUT2D eigenvalue weighted by atomic mass is 16.5. The first kappa shape index (κ1) is 13.9. The highest BCUT2D eigenvalue weighted by Crippen LogP contribution is 2.26. The number of nitrogens with two attached hydrogens (primary N) is 1. The fraction of sp³-hybridized carbons (Fsp3) is 0.533. The second-order valence-corrected chi connectivity index (χ2v) is 5.21. The van der Waals surface area contributed by atoms with Gasteiger partial charge in [0.25, 0.3) is 5.91 Å². The van der Waals surface area contributed by atoms with Crippen molar-refractivity contribution in [2.75, 3.05) is 20.2 Å². The summed E-state index contributed by atoms with van der Waals surface area (Å²) >= 11 is 0. The van der Waals surface area contributed by atoms with Crippen molar-refractivity contribution < 1.29 is 9.53 Å². The van der Waals surface area contributed by atoms with Crippen LogP contribution < -0.4 is 10.5 Å². The molecule has 1 aromatic rings. The molecule has 2 N–H and O–H groups in total. The molecule has 0 bridgehead atoms. The van der Waals surface area contributed by atoms with E-state index in [1.807, 2.05) is 31.3 Å². The van der Waals surface area contributed by atoms with Gasteiger partial charge in [0.2, 0.25) is 0 Å². The van der Waals surface area contributed by atoms with Crippen LogP contribution in [0.25, 0.3) is 0 Å². The molecule has 1 fully saturated rings. The molecule has 0 aromatic heterocycles. The topological polar surface area (TPSA) is 55.6 Å². The van der Waals surface area contributed by atoms with Crippen molar-refractivity contribution in [3.8, 4) is 5.75 Å². The SMILES string of the molecule is CN(CC1CCC1)C(=O)COc1ccc(CN)cc1. The number of amides is 1. The van der Waals surface area contributed by atoms with Gasteiger partial charge in [-0.3, -0.25) is 4.79 Å². The van der Waals surface area contributed by atoms with E-state index in [0.29, 0.717) is 18.2 Å². The molecule has 19 heavy (non-hydrogen) atoms. The summed E-state index contributed by atoms with van der Waals surface area (Å²) < 4.78 is 5.49. The summed E-state index contributed by atoms with van der Waals surface area (Å²) in [6, 6.07) is 7.53. The van der Waals surface area contributed by atoms with E-state index in [1.54, 1.807) is 4.90 Å². The van der Waals surface area contributed by atoms with Gasteiger partial charge in [-0.2, -0.15) is 0 Å². The van der Waals surface area contributed by atoms with Crippen molar-refractivity contribution in [3.63, 3.8) is 0 Å². The number of carbonyl (C=O) groups excluding carboxylic acids is 1. The molecule has 1 aromatic carbocycles. The number of likely N-dealkylation sites (N-methyl/N-ethyl adjacent to an activating group) is 1. The van der Waals surface area contributed by atoms with E-state index in [-0.39, 0.29) is 12.5 Å². The van der Waals surface area contributed by atoms with Crippen LogP contribution in [0.5, 0.6) is 5.75 Å². The molecule has 0 unspecified atom stereocenters. The molecule has 0 aliphatic heterocycles. The number of rotatable bonds is 6. The average molecular weight is 262 g/mol. The summed E-state index contributed by atoms with van der Waals surface area (Å²) in [5, 5.41) is 0. The zero-order chi connectivity index (χ0) is 13.7. The summed E-state index contributed by atoms with van der Waals surface area (Å²) in [5.74, 6) is 1.44. The smallest absolute Gasteiger partial charge is 0.260 e. The predicted molar refractivity (Wildman–Crippen MR) is 74.8 cm³/mol. The maximum atomic E-state index is 11.9. The molecule has 1 aliphatic carbocycles. The monoisotopic (exact) mass is 262 g/mol. The summed E-state index contributed by atoms with van der Waals surface area (Å²) in [6.45, 7) is 1.48. The minimum Gasteiger partial charge on any atom is -0.484 e. The number of benzene rings is 1. The third-order valence-corrected chi connectivity index (χ3v) is 3.70. The fourth-order valence-corrected chi connectivity index (χ4v) is 2.14. The molecule has 4 nitrogen and oxygen atoms in total. The summed E-state index contributed by atoms with van der Waals surface area (Å²) in [6.07, 6.45) is 3.80. The van der Waals surface area contributed by atoms with E-state index in [4.69, 9.17) is 10.5 Å². The van der Waals surface area contributed by atoms with Crippen molar-refractivity contribution in [1.82, 2.24) is 4.90 Å². The molecule has 0 heterocycles. The first-order valence-corrected chi connectivity index (χ1v) is 6.85. The van der Waals surface area contributed by atoms with Gasteiger partial charge in [-0.1, -0.05) is 18.6 Å². The zero-order valence-electron chi connectivity index (χ0n) is 11.5. The number of nitrogens with zero attached hydrogens (tertiary/aromatic N) is 1. The molecule has 1 saturated carbocycles. The second kappa shape index (κ2) is 6.57. The Morgan fingerprint density at radius 2 is 2.05 bits per heavy atom. The van der Waals surface area contributed by atoms with E-state index in [9.17, 15) is 4.79 Å². The van der Waals surface area contributed by atoms with Crippen molar-refractivity contribution in [2.24, 2.45) is 11.7 Å². The number of hydrogen-bond acceptors (Lipinski definition) is 3. The molecule has 1 amide bonds. The molecule has 0 spiro atoms. The Balaban J connectivity index is 1.75. The maximum Gasteiger partial charge on any atom is 0.260 e. The maximum absolute atomic E-state index is 11.9. The largest absolute Gasteiger partial charge is 0.484 e. The van der Waals surface area contributed by atoms with Gasteiger partial charge in [0.05, 0.1) is 0 Å². The van der Waals surface area contributed by atoms with Crippen LogP contribution in [0.2, 0.25) is 0 Å². The summed E-state index contributed by atoms with van der Waals surface area (Å²) in [5.41, 5.74) is 6.58. The average Bonchev–Trinajstić information content (AvgIpc) is 2.40. The quantitative estimate of drug-likeness (QED) is 0.850. The minimum atomic E-state index is 0.0369. The lowest BCUT2D eigenvalue weighted by atomic mass is 9.85. The lowest BCUT2D eigenvalue weighted by molar-refractivity contribution is -0.133. The lowest BCUT2D eigenvalue weighted by Gasteiger charge is -2.30. The van der Waals surface area contributed by atoms with Gasteiger partial charge in [0.15, 0.2) is 6.61 Å². The molecule has 0 radical (unpaired) electrons. The standard InChI is InChI=1S/C15H22N2O2/c1-17(10-13-3-2-4-13)15(18)11-19-14-7-5-12(9-16)6-8-14/h5-8,13H,2-4,9-11,16H2,1H3. The Labute approximate surface area is 114 Å². The van der Waals surface area contributed by atoms with Gasteiger partial charge >= 0.3 is 0 Å². The first-order chi connectivity index (χ1) is 9.19. The van der Waals surface area contributed by atoms with Crippen molar-refractivity contribution in [2.45, 2.75) is 25.8 Å². The number of hydrogen-bond donors (Lipinski definition) is 1. The van der Waals surface area contributed by atoms with Crippen LogP contribution in [0.15, 0.2) is 24.3 Å². The van der Waals surface area contributed by atoms with Crippen LogP contribution in [-0.2, 0) is 11.3 Å². The Hall–Kier alpha value is -1.55. The highest BCUT2D eigenvalue weighted by molar-refractivity contribution is 5.77. The van der Waals surface area contributed by atoms with Crippen LogP contribution in [0.1, 0.15) is 24.8 Å². The van der Waals surface area contributed by atoms with Crippen molar-refractivity contribution in [3.05, 3.63) is 29.8 Å². The van der Waals surface area contributed by atoms with Gasteiger partial charge in [-0.15, -0.1) is 0 Å². The van der Waals surface area contributed by atoms with Crippen molar-refractivity contribution in [1.29, 1.82) is 0 Å². The van der Waals surface area contributed by atoms with Gasteiger partial charge in [0, 0.05) is 20.1 Å². The Bertz CT molecular complexity index is 413. The zero-order valence-corrected chi connectivity index (χ0v) is 11.5. The Morgan fingerprint density at radius 1 is 1.37 bits per heavy atom. The molecule has 2 rings (SSSR count). The van der Waals surface area contributed by atoms with Crippen LogP contribution in [-0.4, -0.2) is 31.0 Å². The van der Waals surface area contributed by atoms with E-state index in [1.165, 1.54) is 19.3 Å². The molecule has 104 valence electrons. The van der Waals surface area contributed by atoms with E-state index in [0.717, 1.165) is 12.1 Å². The summed E-state index contributed by atoms with van der Waals surface area (Å²) in [4.78, 5) is 13.7. The van der Waals surface area contributed by atoms with Gasteiger partial charge in [-0.05, 0) is 36.5 Å². The minimum absolute atomic E-state index is 0.0369. The molecule has 4 heteroatoms. The van der Waals surface area contributed by atoms with Gasteiger partial charge in [-0.25, -0.2) is 0 Å². The lowest BCUT2D eigenvalue weighted by Crippen LogP contribution is -2.37. The van der Waals surface area contributed by atoms with Crippen LogP contribution in [0, 0.1) is 5.92 Å². The van der Waals surface area contributed by atoms with Crippen LogP contribution >= 0.6 is 0 Å². The number of carbonyl (C=O) groups is 1. The van der Waals surface area contributed by atoms with Crippen LogP contribution in [0.3, 0.4) is 0 Å². The molecule has 0 saturated heterocycles. The highest BCUT2D eigenvalue weighted by Gasteiger charge is 2.21. The predicted octanol–water partition coefficient (Wildman–Crippen LogP) is 1.78. The van der Waals surface area contributed by atoms with Gasteiger partial charge < -0.3 is 15.4 Å². The summed E-state index contributed by atoms with van der Waals surface area (Å²) in [7, 11) is 1.85. The molecule has 1 aliphatic rings. The van der Waals surface area contributed by atoms with Crippen molar-refractivity contribution >= 4 is 5.91 Å². The Kier molecular flexibility index (Phi) is 4.80. The second-order valence-electron chi connectivity index (χ2n) is 5.21. The normalized spacial score (nSPS) is 14.8. The third-order valence-electron chi connectivity index (χ3n) is 3.70. The third kappa shape index (κ3) is 3.96. The first-order valence-electron chi connectivity index (χ1n) is 6.85.